The number of carboxylic acid groups (broad SMARTS) is 1. The minimum atomic E-state index is -5.05. The van der Waals surface area contributed by atoms with Gasteiger partial charge in [0, 0.05) is 18.7 Å². The van der Waals surface area contributed by atoms with Gasteiger partial charge in [0.05, 0.1) is 57.9 Å². The molecule has 0 aliphatic rings. The van der Waals surface area contributed by atoms with Crippen LogP contribution in [0.5, 0.6) is 23.0 Å². The third kappa shape index (κ3) is 10.7. The normalized spacial score (nSPS) is 11.5. The van der Waals surface area contributed by atoms with Crippen LogP contribution in [0.4, 0.5) is 32.3 Å². The molecule has 4 rings (SSSR count). The van der Waals surface area contributed by atoms with Crippen LogP contribution in [0.1, 0.15) is 54.0 Å². The molecule has 0 amide bonds. The Hall–Kier alpha value is -4.21. The monoisotopic (exact) mass is 731 g/mol. The molecule has 0 atom stereocenters. The van der Waals surface area contributed by atoms with Crippen LogP contribution < -0.4 is 23.8 Å². The summed E-state index contributed by atoms with van der Waals surface area (Å²) in [5.41, 5.74) is -0.505. The zero-order valence-electron chi connectivity index (χ0n) is 27.8. The van der Waals surface area contributed by atoms with Crippen molar-refractivity contribution in [1.29, 1.82) is 0 Å². The van der Waals surface area contributed by atoms with E-state index in [9.17, 15) is 31.1 Å². The summed E-state index contributed by atoms with van der Waals surface area (Å²) in [4.78, 5) is 20.8. The first-order valence-electron chi connectivity index (χ1n) is 15.2. The fraction of sp³-hybridized carbons (Fsp3) is 0.343. The number of benzene rings is 3. The number of carboxylic acids is 1. The predicted octanol–water partition coefficient (Wildman–Crippen LogP) is 7.74. The Balaban J connectivity index is 0.00000702. The molecule has 0 unspecified atom stereocenters. The summed E-state index contributed by atoms with van der Waals surface area (Å²) >= 11 is 0. The zero-order valence-corrected chi connectivity index (χ0v) is 27.8. The first kappa shape index (κ1) is 41.2. The molecule has 0 radical (unpaired) electrons. The number of ether oxygens (including phenoxy) is 4. The van der Waals surface area contributed by atoms with Crippen molar-refractivity contribution in [2.45, 2.75) is 51.6 Å². The van der Waals surface area contributed by atoms with E-state index < -0.39 is 36.0 Å². The molecule has 9 nitrogen and oxygen atoms in total. The van der Waals surface area contributed by atoms with Crippen molar-refractivity contribution in [2.75, 3.05) is 32.8 Å². The van der Waals surface area contributed by atoms with E-state index in [4.69, 9.17) is 24.1 Å². The molecule has 0 saturated heterocycles. The van der Waals surface area contributed by atoms with Crippen LogP contribution in [0.15, 0.2) is 60.9 Å². The summed E-state index contributed by atoms with van der Waals surface area (Å²) in [5, 5.41) is 8.90. The number of rotatable bonds is 14. The Morgan fingerprint density at radius 1 is 0.784 bits per heavy atom. The van der Waals surface area contributed by atoms with Crippen molar-refractivity contribution in [1.82, 2.24) is 9.97 Å². The minimum absolute atomic E-state index is 0. The summed E-state index contributed by atoms with van der Waals surface area (Å²) in [6.45, 7) is 3.22. The molecule has 1 aromatic heterocycles. The summed E-state index contributed by atoms with van der Waals surface area (Å²) < 4.78 is 105. The van der Waals surface area contributed by atoms with Gasteiger partial charge >= 0.3 is 47.9 Å². The average Bonchev–Trinajstić information content (AvgIpc) is 3.06. The fourth-order valence-electron chi connectivity index (χ4n) is 5.14. The van der Waals surface area contributed by atoms with Crippen LogP contribution in [0.3, 0.4) is 0 Å². The van der Waals surface area contributed by atoms with Gasteiger partial charge in [0.2, 0.25) is 5.95 Å². The van der Waals surface area contributed by atoms with E-state index in [1.807, 2.05) is 26.0 Å². The van der Waals surface area contributed by atoms with Crippen LogP contribution >= 0.6 is 0 Å². The number of aromatic nitrogens is 2. The number of nitrogens with zero attached hydrogens (tertiary/aromatic N) is 3. The Bertz CT molecular complexity index is 1770. The summed E-state index contributed by atoms with van der Waals surface area (Å²) in [6, 6.07) is 10.4. The zero-order chi connectivity index (χ0) is 36.8. The van der Waals surface area contributed by atoms with Gasteiger partial charge in [0.1, 0.15) is 5.75 Å². The Morgan fingerprint density at radius 3 is 1.86 bits per heavy atom. The summed E-state index contributed by atoms with van der Waals surface area (Å²) in [7, 11) is 4.38. The number of hydrogen-bond donors (Lipinski definition) is 1. The standard InChI is InChI=1S/C35H35F6N3O6.Na.H/c1-20(2)22-6-7-29(47-3)28(12-22)27-15-31(49-5)30(48-4)13-23(27)19-44(33-42-16-26(17-43-33)50-9-8-32(45)46)18-21-10-24(34(36,37)38)14-25(11-21)35(39,40)41;;/h6-7,10-17,20H,8-9,18-19H2,1-5H3,(H,45,46);;. The fourth-order valence-corrected chi connectivity index (χ4v) is 5.14. The van der Waals surface area contributed by atoms with Crippen molar-refractivity contribution in [3.63, 3.8) is 0 Å². The van der Waals surface area contributed by atoms with Crippen LogP contribution in [0.25, 0.3) is 11.1 Å². The molecule has 1 heterocycles. The molecule has 16 heteroatoms. The van der Waals surface area contributed by atoms with Crippen molar-refractivity contribution in [2.24, 2.45) is 0 Å². The molecular formula is C35H36F6N3NaO6. The van der Waals surface area contributed by atoms with Gasteiger partial charge in [0.25, 0.3) is 0 Å². The number of alkyl halides is 6. The molecular weight excluding hydrogens is 695 g/mol. The maximum atomic E-state index is 13.8. The SMILES string of the molecule is COc1cc(CN(Cc2cc(C(F)(F)F)cc(C(F)(F)F)c2)c2ncc(OCCC(=O)O)cn2)c(-c2cc(C(C)C)ccc2OC)cc1OC.[NaH]. The molecule has 0 spiro atoms. The first-order valence-corrected chi connectivity index (χ1v) is 15.2. The van der Waals surface area contributed by atoms with Crippen LogP contribution in [-0.4, -0.2) is 78.5 Å². The van der Waals surface area contributed by atoms with Crippen LogP contribution in [0.2, 0.25) is 0 Å². The van der Waals surface area contributed by atoms with E-state index in [-0.39, 0.29) is 78.4 Å². The second-order valence-corrected chi connectivity index (χ2v) is 11.5. The average molecular weight is 732 g/mol. The molecule has 0 bridgehead atoms. The number of hydrogen-bond acceptors (Lipinski definition) is 8. The van der Waals surface area contributed by atoms with Gasteiger partial charge in [-0.15, -0.1) is 0 Å². The summed E-state index contributed by atoms with van der Waals surface area (Å²) in [5.74, 6) is 0.262. The second kappa shape index (κ2) is 17.3. The van der Waals surface area contributed by atoms with Crippen molar-refractivity contribution in [3.05, 3.63) is 88.7 Å². The third-order valence-electron chi connectivity index (χ3n) is 7.65. The number of aliphatic carboxylic acids is 1. The van der Waals surface area contributed by atoms with Gasteiger partial charge in [-0.25, -0.2) is 9.97 Å². The number of carbonyl (C=O) groups is 1. The van der Waals surface area contributed by atoms with Crippen molar-refractivity contribution >= 4 is 41.5 Å². The van der Waals surface area contributed by atoms with E-state index in [1.54, 1.807) is 18.2 Å². The maximum absolute atomic E-state index is 13.8. The van der Waals surface area contributed by atoms with Gasteiger partial charge in [-0.2, -0.15) is 26.3 Å². The van der Waals surface area contributed by atoms with Gasteiger partial charge in [0.15, 0.2) is 17.2 Å². The van der Waals surface area contributed by atoms with E-state index >= 15 is 0 Å². The third-order valence-corrected chi connectivity index (χ3v) is 7.65. The molecule has 270 valence electrons. The Morgan fingerprint density at radius 2 is 1.35 bits per heavy atom. The first-order chi connectivity index (χ1) is 23.5. The van der Waals surface area contributed by atoms with Gasteiger partial charge in [-0.1, -0.05) is 19.9 Å². The molecule has 1 N–H and O–H groups in total. The predicted molar refractivity (Wildman–Crippen MR) is 179 cm³/mol. The second-order valence-electron chi connectivity index (χ2n) is 11.5. The van der Waals surface area contributed by atoms with Gasteiger partial charge < -0.3 is 29.0 Å². The van der Waals surface area contributed by atoms with Gasteiger partial charge in [-0.3, -0.25) is 4.79 Å². The quantitative estimate of drug-likeness (QED) is 0.103. The molecule has 0 fully saturated rings. The van der Waals surface area contributed by atoms with Crippen LogP contribution in [0, 0.1) is 0 Å². The number of methoxy groups -OCH3 is 3. The molecule has 0 saturated carbocycles. The van der Waals surface area contributed by atoms with E-state index in [0.717, 1.165) is 5.56 Å². The van der Waals surface area contributed by atoms with Gasteiger partial charge in [-0.05, 0) is 70.6 Å². The Labute approximate surface area is 312 Å². The number of halogens is 6. The summed E-state index contributed by atoms with van der Waals surface area (Å²) in [6.07, 6.45) is -7.94. The van der Waals surface area contributed by atoms with E-state index in [2.05, 4.69) is 9.97 Å². The van der Waals surface area contributed by atoms with Crippen molar-refractivity contribution < 1.29 is 55.2 Å². The molecule has 4 aromatic rings. The molecule has 3 aromatic carbocycles. The van der Waals surface area contributed by atoms with Crippen molar-refractivity contribution in [3.8, 4) is 34.1 Å². The topological polar surface area (TPSA) is 103 Å². The molecule has 0 aliphatic heterocycles. The molecule has 0 aliphatic carbocycles. The molecule has 51 heavy (non-hydrogen) atoms. The van der Waals surface area contributed by atoms with E-state index in [0.29, 0.717) is 46.1 Å². The number of anilines is 1. The van der Waals surface area contributed by atoms with Crippen LogP contribution in [-0.2, 0) is 30.2 Å². The Kier molecular flexibility index (Phi) is 14.0. The van der Waals surface area contributed by atoms with E-state index in [1.165, 1.54) is 38.6 Å².